The SMILES string of the molecule is Cc1cc(C)c(S(=O)(=O)Nc2ccc3oc4c(c3c2)CC[C@@H](C)C4)c(C)c1. The summed E-state index contributed by atoms with van der Waals surface area (Å²) < 4.78 is 34.8. The molecule has 1 atom stereocenters. The molecule has 0 radical (unpaired) electrons. The second-order valence-electron chi connectivity index (χ2n) is 7.90. The van der Waals surface area contributed by atoms with Gasteiger partial charge in [0.25, 0.3) is 10.0 Å². The highest BCUT2D eigenvalue weighted by Gasteiger charge is 2.23. The number of fused-ring (bicyclic) bond motifs is 3. The Bertz CT molecular complexity index is 1120. The summed E-state index contributed by atoms with van der Waals surface area (Å²) in [6.07, 6.45) is 3.07. The summed E-state index contributed by atoms with van der Waals surface area (Å²) in [4.78, 5) is 0.358. The van der Waals surface area contributed by atoms with Gasteiger partial charge in [-0.25, -0.2) is 8.42 Å². The molecule has 0 fully saturated rings. The molecule has 1 aliphatic rings. The van der Waals surface area contributed by atoms with Crippen LogP contribution in [0.4, 0.5) is 5.69 Å². The van der Waals surface area contributed by atoms with Crippen LogP contribution in [0.3, 0.4) is 0 Å². The van der Waals surface area contributed by atoms with Crippen LogP contribution in [0.15, 0.2) is 39.6 Å². The van der Waals surface area contributed by atoms with Gasteiger partial charge >= 0.3 is 0 Å². The van der Waals surface area contributed by atoms with E-state index in [-0.39, 0.29) is 0 Å². The fourth-order valence-corrected chi connectivity index (χ4v) is 5.81. The molecule has 0 saturated heterocycles. The molecule has 4 rings (SSSR count). The highest BCUT2D eigenvalue weighted by Crippen LogP contribution is 2.35. The van der Waals surface area contributed by atoms with E-state index in [0.29, 0.717) is 16.5 Å². The van der Waals surface area contributed by atoms with Gasteiger partial charge in [-0.15, -0.1) is 0 Å². The number of nitrogens with one attached hydrogen (secondary N) is 1. The lowest BCUT2D eigenvalue weighted by Gasteiger charge is -2.16. The number of sulfonamides is 1. The zero-order valence-electron chi connectivity index (χ0n) is 16.2. The maximum Gasteiger partial charge on any atom is 0.262 e. The molecule has 1 aliphatic carbocycles. The van der Waals surface area contributed by atoms with Crippen molar-refractivity contribution in [1.82, 2.24) is 0 Å². The normalized spacial score (nSPS) is 17.1. The first-order valence-corrected chi connectivity index (χ1v) is 10.9. The number of aryl methyl sites for hydroxylation is 4. The number of anilines is 1. The molecule has 3 aromatic rings. The molecule has 1 N–H and O–H groups in total. The lowest BCUT2D eigenvalue weighted by atomic mass is 9.88. The quantitative estimate of drug-likeness (QED) is 0.669. The van der Waals surface area contributed by atoms with E-state index < -0.39 is 10.0 Å². The Balaban J connectivity index is 1.73. The summed E-state index contributed by atoms with van der Waals surface area (Å²) >= 11 is 0. The molecule has 0 saturated carbocycles. The summed E-state index contributed by atoms with van der Waals surface area (Å²) in [5.74, 6) is 1.68. The first kappa shape index (κ1) is 18.1. The van der Waals surface area contributed by atoms with E-state index in [2.05, 4.69) is 11.6 Å². The number of furan rings is 1. The smallest absolute Gasteiger partial charge is 0.262 e. The maximum absolute atomic E-state index is 13.0. The molecule has 1 aromatic heterocycles. The summed E-state index contributed by atoms with van der Waals surface area (Å²) in [6.45, 7) is 7.89. The maximum atomic E-state index is 13.0. The predicted molar refractivity (Wildman–Crippen MR) is 109 cm³/mol. The average Bonchev–Trinajstić information content (AvgIpc) is 2.89. The van der Waals surface area contributed by atoms with E-state index in [1.807, 2.05) is 45.0 Å². The lowest BCUT2D eigenvalue weighted by Crippen LogP contribution is -2.16. The van der Waals surface area contributed by atoms with Crippen molar-refractivity contribution in [2.45, 2.75) is 51.9 Å². The van der Waals surface area contributed by atoms with Crippen molar-refractivity contribution >= 4 is 26.7 Å². The van der Waals surface area contributed by atoms with Gasteiger partial charge in [0, 0.05) is 23.1 Å². The standard InChI is InChI=1S/C22H25NO3S/c1-13-5-7-18-19-12-17(6-8-20(19)26-21(18)11-13)23-27(24,25)22-15(3)9-14(2)10-16(22)4/h6,8-10,12-13,23H,5,7,11H2,1-4H3/t13-/m1/s1. The molecule has 0 amide bonds. The van der Waals surface area contributed by atoms with Crippen LogP contribution in [0.2, 0.25) is 0 Å². The monoisotopic (exact) mass is 383 g/mol. The molecule has 142 valence electrons. The summed E-state index contributed by atoms with van der Waals surface area (Å²) in [5.41, 5.74) is 5.21. The molecule has 4 nitrogen and oxygen atoms in total. The molecule has 5 heteroatoms. The van der Waals surface area contributed by atoms with Gasteiger partial charge in [0.2, 0.25) is 0 Å². The van der Waals surface area contributed by atoms with Gasteiger partial charge in [0.15, 0.2) is 0 Å². The second-order valence-corrected chi connectivity index (χ2v) is 9.52. The van der Waals surface area contributed by atoms with E-state index in [1.54, 1.807) is 6.07 Å². The van der Waals surface area contributed by atoms with Gasteiger partial charge in [-0.05, 0) is 68.9 Å². The first-order chi connectivity index (χ1) is 12.7. The Kier molecular flexibility index (Phi) is 4.30. The van der Waals surface area contributed by atoms with Crippen molar-refractivity contribution in [2.24, 2.45) is 5.92 Å². The van der Waals surface area contributed by atoms with Crippen molar-refractivity contribution in [3.8, 4) is 0 Å². The highest BCUT2D eigenvalue weighted by molar-refractivity contribution is 7.92. The highest BCUT2D eigenvalue weighted by atomic mass is 32.2. The van der Waals surface area contributed by atoms with Crippen molar-refractivity contribution in [3.63, 3.8) is 0 Å². The molecule has 0 spiro atoms. The minimum absolute atomic E-state index is 0.358. The fourth-order valence-electron chi connectivity index (χ4n) is 4.31. The zero-order chi connectivity index (χ0) is 19.3. The van der Waals surface area contributed by atoms with E-state index in [4.69, 9.17) is 4.42 Å². The van der Waals surface area contributed by atoms with E-state index >= 15 is 0 Å². The molecular formula is C22H25NO3S. The summed E-state index contributed by atoms with van der Waals surface area (Å²) in [6, 6.07) is 9.35. The van der Waals surface area contributed by atoms with Gasteiger partial charge in [0.05, 0.1) is 4.90 Å². The molecule has 0 unspecified atom stereocenters. The number of benzene rings is 2. The second kappa shape index (κ2) is 6.41. The van der Waals surface area contributed by atoms with Crippen LogP contribution in [0.1, 0.15) is 41.4 Å². The van der Waals surface area contributed by atoms with Crippen molar-refractivity contribution in [1.29, 1.82) is 0 Å². The number of rotatable bonds is 3. The van der Waals surface area contributed by atoms with Crippen molar-refractivity contribution < 1.29 is 12.8 Å². The van der Waals surface area contributed by atoms with E-state index in [1.165, 1.54) is 5.56 Å². The van der Waals surface area contributed by atoms with E-state index in [0.717, 1.165) is 52.7 Å². The number of hydrogen-bond donors (Lipinski definition) is 1. The topological polar surface area (TPSA) is 59.3 Å². The minimum Gasteiger partial charge on any atom is -0.461 e. The van der Waals surface area contributed by atoms with Crippen LogP contribution in [0.25, 0.3) is 11.0 Å². The van der Waals surface area contributed by atoms with E-state index in [9.17, 15) is 8.42 Å². The molecule has 0 aliphatic heterocycles. The van der Waals surface area contributed by atoms with Crippen LogP contribution in [0.5, 0.6) is 0 Å². The van der Waals surface area contributed by atoms with Crippen LogP contribution in [-0.4, -0.2) is 8.42 Å². The first-order valence-electron chi connectivity index (χ1n) is 9.39. The average molecular weight is 384 g/mol. The van der Waals surface area contributed by atoms with Crippen molar-refractivity contribution in [3.05, 3.63) is 58.3 Å². The van der Waals surface area contributed by atoms with Gasteiger partial charge in [0.1, 0.15) is 11.3 Å². The van der Waals surface area contributed by atoms with Crippen LogP contribution < -0.4 is 4.72 Å². The third kappa shape index (κ3) is 3.25. The Labute approximate surface area is 160 Å². The fraction of sp³-hybridized carbons (Fsp3) is 0.364. The van der Waals surface area contributed by atoms with Gasteiger partial charge < -0.3 is 4.42 Å². The Morgan fingerprint density at radius 1 is 1.07 bits per heavy atom. The van der Waals surface area contributed by atoms with Crippen molar-refractivity contribution in [2.75, 3.05) is 4.72 Å². The zero-order valence-corrected chi connectivity index (χ0v) is 17.0. The molecule has 0 bridgehead atoms. The molecular weight excluding hydrogens is 358 g/mol. The summed E-state index contributed by atoms with van der Waals surface area (Å²) in [7, 11) is -3.65. The van der Waals surface area contributed by atoms with Crippen LogP contribution in [0, 0.1) is 26.7 Å². The minimum atomic E-state index is -3.65. The number of hydrogen-bond acceptors (Lipinski definition) is 3. The summed E-state index contributed by atoms with van der Waals surface area (Å²) in [5, 5.41) is 1.02. The third-order valence-electron chi connectivity index (χ3n) is 5.42. The molecule has 2 aromatic carbocycles. The van der Waals surface area contributed by atoms with Gasteiger partial charge in [-0.2, -0.15) is 0 Å². The molecule has 27 heavy (non-hydrogen) atoms. The lowest BCUT2D eigenvalue weighted by molar-refractivity contribution is 0.426. The van der Waals surface area contributed by atoms with Crippen LogP contribution >= 0.6 is 0 Å². The predicted octanol–water partition coefficient (Wildman–Crippen LogP) is 5.28. The van der Waals surface area contributed by atoms with Gasteiger partial charge in [-0.1, -0.05) is 24.6 Å². The third-order valence-corrected chi connectivity index (χ3v) is 7.11. The largest absolute Gasteiger partial charge is 0.461 e. The van der Waals surface area contributed by atoms with Crippen LogP contribution in [-0.2, 0) is 22.9 Å². The Hall–Kier alpha value is -2.27. The Morgan fingerprint density at radius 2 is 1.78 bits per heavy atom. The Morgan fingerprint density at radius 3 is 2.48 bits per heavy atom. The molecule has 1 heterocycles. The van der Waals surface area contributed by atoms with Gasteiger partial charge in [-0.3, -0.25) is 4.72 Å².